The van der Waals surface area contributed by atoms with Crippen LogP contribution < -0.4 is 27.4 Å². The van der Waals surface area contributed by atoms with E-state index in [1.54, 1.807) is 72.8 Å². The Morgan fingerprint density at radius 1 is 0.614 bits per heavy atom. The molecule has 0 aliphatic rings. The Hall–Kier alpha value is -5.23. The molecule has 0 aromatic heterocycles. The van der Waals surface area contributed by atoms with Gasteiger partial charge in [-0.05, 0) is 41.7 Å². The fourth-order valence-corrected chi connectivity index (χ4v) is 4.47. The molecule has 3 rings (SSSR count). The molecule has 0 spiro atoms. The van der Waals surface area contributed by atoms with Crippen molar-refractivity contribution in [3.8, 4) is 5.75 Å². The molecule has 0 saturated carbocycles. The monoisotopic (exact) mass is 603 g/mol. The van der Waals surface area contributed by atoms with Gasteiger partial charge in [0.15, 0.2) is 0 Å². The first kappa shape index (κ1) is 33.3. The van der Waals surface area contributed by atoms with Crippen molar-refractivity contribution in [2.75, 3.05) is 0 Å². The number of phenols is 1. The number of primary amides is 1. The Morgan fingerprint density at radius 3 is 1.59 bits per heavy atom. The summed E-state index contributed by atoms with van der Waals surface area (Å²) in [6.07, 6.45) is -0.281. The Balaban J connectivity index is 1.77. The highest BCUT2D eigenvalue weighted by Crippen LogP contribution is 2.12. The SMILES string of the molecule is NC(=O)CCC(NC(=O)C(Cc1ccccc1)NC(=O)C(N)Cc1ccc(O)cc1)C(=O)NC(Cc1ccccc1)C(=O)O. The molecule has 0 aliphatic carbocycles. The van der Waals surface area contributed by atoms with E-state index in [1.807, 2.05) is 0 Å². The number of carboxylic acids is 1. The van der Waals surface area contributed by atoms with Gasteiger partial charge in [0, 0.05) is 19.3 Å². The summed E-state index contributed by atoms with van der Waals surface area (Å²) in [5.74, 6) is -4.11. The van der Waals surface area contributed by atoms with Crippen molar-refractivity contribution in [2.45, 2.75) is 56.3 Å². The number of carbonyl (C=O) groups excluding carboxylic acids is 4. The van der Waals surface area contributed by atoms with Crippen molar-refractivity contribution in [1.82, 2.24) is 16.0 Å². The molecule has 4 atom stereocenters. The lowest BCUT2D eigenvalue weighted by Crippen LogP contribution is -2.58. The molecular weight excluding hydrogens is 566 g/mol. The standard InChI is InChI=1S/C32H37N5O7/c33-24(17-22-11-13-23(38)14-12-22)29(40)36-26(18-20-7-3-1-4-8-20)31(42)35-25(15-16-28(34)39)30(41)37-27(32(43)44)19-21-9-5-2-6-10-21/h1-14,24-27,38H,15-19,33H2,(H2,34,39)(H,35,42)(H,36,40)(H,37,41)(H,43,44). The van der Waals surface area contributed by atoms with Gasteiger partial charge in [-0.1, -0.05) is 72.8 Å². The zero-order chi connectivity index (χ0) is 32.1. The number of carbonyl (C=O) groups is 5. The van der Waals surface area contributed by atoms with E-state index in [1.165, 1.54) is 12.1 Å². The lowest BCUT2D eigenvalue weighted by atomic mass is 10.0. The van der Waals surface area contributed by atoms with Crippen LogP contribution in [0.4, 0.5) is 0 Å². The second kappa shape index (κ2) is 16.4. The van der Waals surface area contributed by atoms with Gasteiger partial charge >= 0.3 is 5.97 Å². The topological polar surface area (TPSA) is 214 Å². The minimum Gasteiger partial charge on any atom is -0.508 e. The van der Waals surface area contributed by atoms with E-state index in [4.69, 9.17) is 11.5 Å². The highest BCUT2D eigenvalue weighted by atomic mass is 16.4. The smallest absolute Gasteiger partial charge is 0.326 e. The van der Waals surface area contributed by atoms with Gasteiger partial charge in [0.05, 0.1) is 6.04 Å². The second-order valence-corrected chi connectivity index (χ2v) is 10.4. The van der Waals surface area contributed by atoms with Crippen molar-refractivity contribution >= 4 is 29.6 Å². The van der Waals surface area contributed by atoms with E-state index in [-0.39, 0.29) is 37.9 Å². The van der Waals surface area contributed by atoms with Crippen molar-refractivity contribution in [2.24, 2.45) is 11.5 Å². The molecule has 44 heavy (non-hydrogen) atoms. The predicted molar refractivity (Wildman–Crippen MR) is 162 cm³/mol. The van der Waals surface area contributed by atoms with Crippen molar-refractivity contribution < 1.29 is 34.2 Å². The summed E-state index contributed by atoms with van der Waals surface area (Å²) < 4.78 is 0. The van der Waals surface area contributed by atoms with Gasteiger partial charge in [0.25, 0.3) is 0 Å². The first-order valence-electron chi connectivity index (χ1n) is 14.1. The number of aliphatic carboxylic acids is 1. The molecule has 4 unspecified atom stereocenters. The summed E-state index contributed by atoms with van der Waals surface area (Å²) in [6.45, 7) is 0. The van der Waals surface area contributed by atoms with E-state index < -0.39 is 53.8 Å². The molecule has 3 aromatic rings. The first-order chi connectivity index (χ1) is 21.0. The van der Waals surface area contributed by atoms with Crippen molar-refractivity contribution in [1.29, 1.82) is 0 Å². The number of nitrogens with two attached hydrogens (primary N) is 2. The fraction of sp³-hybridized carbons (Fsp3) is 0.281. The van der Waals surface area contributed by atoms with Crippen LogP contribution in [0.3, 0.4) is 0 Å². The van der Waals surface area contributed by atoms with E-state index in [2.05, 4.69) is 16.0 Å². The van der Waals surface area contributed by atoms with Crippen LogP contribution in [-0.4, -0.2) is 64.0 Å². The summed E-state index contributed by atoms with van der Waals surface area (Å²) in [5.41, 5.74) is 13.5. The van der Waals surface area contributed by atoms with Crippen LogP contribution in [0.25, 0.3) is 0 Å². The average molecular weight is 604 g/mol. The highest BCUT2D eigenvalue weighted by Gasteiger charge is 2.31. The third-order valence-electron chi connectivity index (χ3n) is 6.85. The van der Waals surface area contributed by atoms with Crippen LogP contribution in [0.5, 0.6) is 5.75 Å². The van der Waals surface area contributed by atoms with Crippen LogP contribution in [0.1, 0.15) is 29.5 Å². The van der Waals surface area contributed by atoms with Gasteiger partial charge < -0.3 is 37.6 Å². The number of hydrogen-bond donors (Lipinski definition) is 7. The molecule has 0 radical (unpaired) electrons. The summed E-state index contributed by atoms with van der Waals surface area (Å²) in [6, 6.07) is 18.9. The third-order valence-corrected chi connectivity index (χ3v) is 6.85. The number of aromatic hydroxyl groups is 1. The Bertz CT molecular complexity index is 1420. The maximum Gasteiger partial charge on any atom is 0.326 e. The quantitative estimate of drug-likeness (QED) is 0.122. The molecule has 12 nitrogen and oxygen atoms in total. The molecule has 0 bridgehead atoms. The van der Waals surface area contributed by atoms with Crippen LogP contribution in [0.15, 0.2) is 84.9 Å². The number of hydrogen-bond acceptors (Lipinski definition) is 7. The molecule has 0 aliphatic heterocycles. The van der Waals surface area contributed by atoms with Gasteiger partial charge in [0.2, 0.25) is 23.6 Å². The molecule has 4 amide bonds. The molecule has 12 heteroatoms. The van der Waals surface area contributed by atoms with Gasteiger partial charge in [-0.15, -0.1) is 0 Å². The van der Waals surface area contributed by atoms with E-state index in [0.29, 0.717) is 16.7 Å². The summed E-state index contributed by atoms with van der Waals surface area (Å²) in [4.78, 5) is 63.4. The molecule has 9 N–H and O–H groups in total. The molecule has 3 aromatic carbocycles. The number of rotatable bonds is 16. The maximum absolute atomic E-state index is 13.6. The number of benzene rings is 3. The van der Waals surface area contributed by atoms with Gasteiger partial charge in [0.1, 0.15) is 23.9 Å². The van der Waals surface area contributed by atoms with Gasteiger partial charge in [-0.25, -0.2) is 4.79 Å². The maximum atomic E-state index is 13.6. The van der Waals surface area contributed by atoms with Crippen molar-refractivity contribution in [3.63, 3.8) is 0 Å². The lowest BCUT2D eigenvalue weighted by molar-refractivity contribution is -0.142. The minimum atomic E-state index is -1.33. The normalized spacial score (nSPS) is 13.5. The van der Waals surface area contributed by atoms with Gasteiger partial charge in [-0.2, -0.15) is 0 Å². The third kappa shape index (κ3) is 10.9. The van der Waals surface area contributed by atoms with E-state index in [0.717, 1.165) is 0 Å². The first-order valence-corrected chi connectivity index (χ1v) is 14.1. The Labute approximate surface area is 254 Å². The van der Waals surface area contributed by atoms with E-state index >= 15 is 0 Å². The van der Waals surface area contributed by atoms with Crippen molar-refractivity contribution in [3.05, 3.63) is 102 Å². The molecular formula is C32H37N5O7. The van der Waals surface area contributed by atoms with Crippen LogP contribution >= 0.6 is 0 Å². The summed E-state index contributed by atoms with van der Waals surface area (Å²) >= 11 is 0. The zero-order valence-corrected chi connectivity index (χ0v) is 24.0. The largest absolute Gasteiger partial charge is 0.508 e. The van der Waals surface area contributed by atoms with Crippen LogP contribution in [0, 0.1) is 0 Å². The molecule has 232 valence electrons. The molecule has 0 saturated heterocycles. The number of carboxylic acid groups (broad SMARTS) is 1. The summed E-state index contributed by atoms with van der Waals surface area (Å²) in [7, 11) is 0. The second-order valence-electron chi connectivity index (χ2n) is 10.4. The highest BCUT2D eigenvalue weighted by molar-refractivity contribution is 5.94. The average Bonchev–Trinajstić information content (AvgIpc) is 3.00. The van der Waals surface area contributed by atoms with Gasteiger partial charge in [-0.3, -0.25) is 19.2 Å². The van der Waals surface area contributed by atoms with E-state index in [9.17, 15) is 34.2 Å². The van der Waals surface area contributed by atoms with Crippen LogP contribution in [0.2, 0.25) is 0 Å². The zero-order valence-electron chi connectivity index (χ0n) is 24.0. The Morgan fingerprint density at radius 2 is 1.07 bits per heavy atom. The molecule has 0 fully saturated rings. The number of amides is 4. The minimum absolute atomic E-state index is 0.00991. The van der Waals surface area contributed by atoms with Crippen LogP contribution in [-0.2, 0) is 43.2 Å². The molecule has 0 heterocycles. The summed E-state index contributed by atoms with van der Waals surface area (Å²) in [5, 5.41) is 26.9. The number of nitrogens with one attached hydrogen (secondary N) is 3. The fourth-order valence-electron chi connectivity index (χ4n) is 4.47. The number of phenolic OH excluding ortho intramolecular Hbond substituents is 1. The predicted octanol–water partition coefficient (Wildman–Crippen LogP) is 0.552. The Kier molecular flexibility index (Phi) is 12.4. The lowest BCUT2D eigenvalue weighted by Gasteiger charge is -2.25.